The van der Waals surface area contributed by atoms with E-state index in [1.807, 2.05) is 0 Å². The van der Waals surface area contributed by atoms with Gasteiger partial charge in [0.2, 0.25) is 0 Å². The molecular weight excluding hydrogens is 403 g/mol. The molecule has 0 spiro atoms. The minimum Gasteiger partial charge on any atom is -0.447 e. The van der Waals surface area contributed by atoms with Crippen LogP contribution in [-0.4, -0.2) is 77.3 Å². The van der Waals surface area contributed by atoms with E-state index in [2.05, 4.69) is 9.50 Å². The molecule has 158 valence electrons. The SMILES string of the molecule is CNC(=O)OC[C@H]1O[C@H](OC)[C@H]2OC(C)(C)O[C@H]2[C@@H]1OS(=O)(=O)C(F)(F)F. The summed E-state index contributed by atoms with van der Waals surface area (Å²) in [5, 5.41) is 2.13. The van der Waals surface area contributed by atoms with E-state index < -0.39 is 64.8 Å². The van der Waals surface area contributed by atoms with Crippen LogP contribution < -0.4 is 5.32 Å². The first kappa shape index (κ1) is 22.1. The van der Waals surface area contributed by atoms with Gasteiger partial charge in [-0.25, -0.2) is 4.79 Å². The van der Waals surface area contributed by atoms with Crippen LogP contribution in [0.1, 0.15) is 13.8 Å². The zero-order valence-electron chi connectivity index (χ0n) is 14.8. The number of nitrogens with one attached hydrogen (secondary N) is 1. The van der Waals surface area contributed by atoms with E-state index in [0.717, 1.165) is 0 Å². The Bertz CT molecular complexity index is 654. The second-order valence-corrected chi connectivity index (χ2v) is 7.72. The second-order valence-electron chi connectivity index (χ2n) is 6.15. The molecule has 2 rings (SSSR count). The lowest BCUT2D eigenvalue weighted by atomic mass is 9.99. The predicted octanol–water partition coefficient (Wildman–Crippen LogP) is 0.469. The molecule has 2 aliphatic rings. The highest BCUT2D eigenvalue weighted by Gasteiger charge is 2.60. The highest BCUT2D eigenvalue weighted by molar-refractivity contribution is 7.87. The Kier molecular flexibility index (Phi) is 6.28. The van der Waals surface area contributed by atoms with Gasteiger partial charge in [-0.15, -0.1) is 0 Å². The molecule has 0 aromatic heterocycles. The third kappa shape index (κ3) is 4.81. The van der Waals surface area contributed by atoms with Gasteiger partial charge < -0.3 is 29.0 Å². The molecular formula is C13H20F3NO9S. The van der Waals surface area contributed by atoms with Crippen molar-refractivity contribution >= 4 is 16.2 Å². The summed E-state index contributed by atoms with van der Waals surface area (Å²) in [6, 6.07) is 0. The molecule has 1 amide bonds. The Balaban J connectivity index is 2.33. The number of ether oxygens (including phenoxy) is 5. The van der Waals surface area contributed by atoms with Crippen molar-refractivity contribution in [3.8, 4) is 0 Å². The molecule has 1 N–H and O–H groups in total. The first-order valence-corrected chi connectivity index (χ1v) is 9.10. The van der Waals surface area contributed by atoms with Crippen molar-refractivity contribution in [2.45, 2.75) is 55.8 Å². The zero-order chi connectivity index (χ0) is 20.6. The number of hydrogen-bond donors (Lipinski definition) is 1. The van der Waals surface area contributed by atoms with E-state index in [0.29, 0.717) is 0 Å². The van der Waals surface area contributed by atoms with Gasteiger partial charge in [0.1, 0.15) is 31.0 Å². The minimum atomic E-state index is -5.99. The summed E-state index contributed by atoms with van der Waals surface area (Å²) in [6.07, 6.45) is -7.65. The Hall–Kier alpha value is -1.19. The predicted molar refractivity (Wildman–Crippen MR) is 79.8 cm³/mol. The third-order valence-electron chi connectivity index (χ3n) is 3.77. The van der Waals surface area contributed by atoms with E-state index in [1.54, 1.807) is 0 Å². The van der Waals surface area contributed by atoms with Gasteiger partial charge in [-0.3, -0.25) is 4.18 Å². The lowest BCUT2D eigenvalue weighted by Gasteiger charge is -2.40. The number of carbonyl (C=O) groups is 1. The molecule has 27 heavy (non-hydrogen) atoms. The summed E-state index contributed by atoms with van der Waals surface area (Å²) in [7, 11) is -3.48. The van der Waals surface area contributed by atoms with Crippen molar-refractivity contribution in [2.75, 3.05) is 20.8 Å². The molecule has 0 radical (unpaired) electrons. The number of amides is 1. The molecule has 2 saturated heterocycles. The number of carbonyl (C=O) groups excluding carboxylic acids is 1. The van der Waals surface area contributed by atoms with Crippen LogP contribution in [0.25, 0.3) is 0 Å². The Morgan fingerprint density at radius 2 is 1.81 bits per heavy atom. The number of hydrogen-bond acceptors (Lipinski definition) is 9. The van der Waals surface area contributed by atoms with Crippen molar-refractivity contribution in [3.05, 3.63) is 0 Å². The quantitative estimate of drug-likeness (QED) is 0.497. The largest absolute Gasteiger partial charge is 0.523 e. The molecule has 14 heteroatoms. The summed E-state index contributed by atoms with van der Waals surface area (Å²) in [6.45, 7) is 2.33. The van der Waals surface area contributed by atoms with Crippen LogP contribution in [-0.2, 0) is 38.0 Å². The molecule has 2 fully saturated rings. The molecule has 0 aliphatic carbocycles. The average molecular weight is 423 g/mol. The number of methoxy groups -OCH3 is 1. The zero-order valence-corrected chi connectivity index (χ0v) is 15.6. The molecule has 0 saturated carbocycles. The standard InChI is InChI=1S/C13H20F3NO9S/c1-12(2)24-8-7(26-27(19,20)13(14,15)16)6(5-22-11(18)17-3)23-10(21-4)9(8)25-12/h6-10H,5H2,1-4H3,(H,17,18)/t6-,7-,8+,9+,10+/m1/s1. The van der Waals surface area contributed by atoms with Gasteiger partial charge in [-0.2, -0.15) is 21.6 Å². The van der Waals surface area contributed by atoms with E-state index in [9.17, 15) is 26.4 Å². The van der Waals surface area contributed by atoms with Crippen molar-refractivity contribution < 1.29 is 54.3 Å². The number of rotatable bonds is 5. The fourth-order valence-electron chi connectivity index (χ4n) is 2.69. The fourth-order valence-corrected chi connectivity index (χ4v) is 3.33. The van der Waals surface area contributed by atoms with Gasteiger partial charge in [-0.05, 0) is 13.8 Å². The van der Waals surface area contributed by atoms with Crippen molar-refractivity contribution in [2.24, 2.45) is 0 Å². The number of halogens is 3. The van der Waals surface area contributed by atoms with Gasteiger partial charge in [0.05, 0.1) is 0 Å². The number of alkyl carbamates (subject to hydrolysis) is 1. The van der Waals surface area contributed by atoms with Crippen LogP contribution in [0, 0.1) is 0 Å². The topological polar surface area (TPSA) is 119 Å². The Morgan fingerprint density at radius 3 is 2.33 bits per heavy atom. The number of alkyl halides is 3. The van der Waals surface area contributed by atoms with Gasteiger partial charge in [0.25, 0.3) is 0 Å². The molecule has 0 aromatic carbocycles. The lowest BCUT2D eigenvalue weighted by Crippen LogP contribution is -2.60. The average Bonchev–Trinajstić information content (AvgIpc) is 2.87. The summed E-state index contributed by atoms with van der Waals surface area (Å²) in [5.74, 6) is -1.27. The first-order valence-electron chi connectivity index (χ1n) is 7.69. The Morgan fingerprint density at radius 1 is 1.22 bits per heavy atom. The maximum atomic E-state index is 12.8. The fraction of sp³-hybridized carbons (Fsp3) is 0.923. The van der Waals surface area contributed by atoms with E-state index >= 15 is 0 Å². The minimum absolute atomic E-state index is 0.620. The lowest BCUT2D eigenvalue weighted by molar-refractivity contribution is -0.268. The monoisotopic (exact) mass is 423 g/mol. The van der Waals surface area contributed by atoms with E-state index in [1.165, 1.54) is 28.0 Å². The summed E-state index contributed by atoms with van der Waals surface area (Å²) in [5.41, 5.74) is -5.66. The molecule has 0 bridgehead atoms. The van der Waals surface area contributed by atoms with E-state index in [-0.39, 0.29) is 0 Å². The van der Waals surface area contributed by atoms with Crippen LogP contribution in [0.15, 0.2) is 0 Å². The highest BCUT2D eigenvalue weighted by Crippen LogP contribution is 2.40. The summed E-state index contributed by atoms with van der Waals surface area (Å²) >= 11 is 0. The van der Waals surface area contributed by atoms with Gasteiger partial charge in [0.15, 0.2) is 12.1 Å². The van der Waals surface area contributed by atoms with Crippen LogP contribution in [0.2, 0.25) is 0 Å². The van der Waals surface area contributed by atoms with Crippen molar-refractivity contribution in [3.63, 3.8) is 0 Å². The van der Waals surface area contributed by atoms with Crippen LogP contribution in [0.4, 0.5) is 18.0 Å². The molecule has 0 unspecified atom stereocenters. The van der Waals surface area contributed by atoms with Crippen LogP contribution >= 0.6 is 0 Å². The number of fused-ring (bicyclic) bond motifs is 1. The van der Waals surface area contributed by atoms with Crippen LogP contribution in [0.3, 0.4) is 0 Å². The van der Waals surface area contributed by atoms with Crippen molar-refractivity contribution in [1.29, 1.82) is 0 Å². The maximum Gasteiger partial charge on any atom is 0.523 e. The summed E-state index contributed by atoms with van der Waals surface area (Å²) < 4.78 is 92.1. The maximum absolute atomic E-state index is 12.8. The Labute approximate surface area is 153 Å². The molecule has 2 heterocycles. The van der Waals surface area contributed by atoms with Crippen LogP contribution in [0.5, 0.6) is 0 Å². The molecule has 0 aromatic rings. The molecule has 10 nitrogen and oxygen atoms in total. The van der Waals surface area contributed by atoms with Gasteiger partial charge in [0, 0.05) is 14.2 Å². The van der Waals surface area contributed by atoms with Gasteiger partial charge in [-0.1, -0.05) is 0 Å². The highest BCUT2D eigenvalue weighted by atomic mass is 32.2. The molecule has 5 atom stereocenters. The smallest absolute Gasteiger partial charge is 0.447 e. The van der Waals surface area contributed by atoms with E-state index in [4.69, 9.17) is 23.7 Å². The molecule has 2 aliphatic heterocycles. The first-order chi connectivity index (χ1) is 12.3. The van der Waals surface area contributed by atoms with Crippen molar-refractivity contribution in [1.82, 2.24) is 5.32 Å². The normalized spacial score (nSPS) is 33.4. The second kappa shape index (κ2) is 7.67. The summed E-state index contributed by atoms with van der Waals surface area (Å²) in [4.78, 5) is 11.3. The van der Waals surface area contributed by atoms with Gasteiger partial charge >= 0.3 is 21.7 Å². The third-order valence-corrected chi connectivity index (χ3v) is 4.81.